The summed E-state index contributed by atoms with van der Waals surface area (Å²) in [4.78, 5) is 36.0. The summed E-state index contributed by atoms with van der Waals surface area (Å²) < 4.78 is 25.9. The molecule has 0 saturated carbocycles. The number of amides is 2. The summed E-state index contributed by atoms with van der Waals surface area (Å²) in [5, 5.41) is 2.12. The van der Waals surface area contributed by atoms with E-state index >= 15 is 0 Å². The SMILES string of the molecule is CC(C(=O)c1ccc(F)c(F)c1)N1CC(=O)NC(=O)C1. The van der Waals surface area contributed by atoms with Crippen molar-refractivity contribution in [3.63, 3.8) is 0 Å². The summed E-state index contributed by atoms with van der Waals surface area (Å²) in [7, 11) is 0. The molecule has 1 atom stereocenters. The number of hydrogen-bond donors (Lipinski definition) is 1. The summed E-state index contributed by atoms with van der Waals surface area (Å²) in [6.07, 6.45) is 0. The monoisotopic (exact) mass is 282 g/mol. The minimum atomic E-state index is -1.12. The van der Waals surface area contributed by atoms with E-state index in [1.807, 2.05) is 0 Å². The molecule has 1 aromatic rings. The maximum absolute atomic E-state index is 13.1. The number of ketones is 1. The zero-order valence-corrected chi connectivity index (χ0v) is 10.7. The van der Waals surface area contributed by atoms with Crippen LogP contribution in [0.15, 0.2) is 18.2 Å². The number of rotatable bonds is 3. The van der Waals surface area contributed by atoms with Gasteiger partial charge in [0.1, 0.15) is 0 Å². The van der Waals surface area contributed by atoms with Gasteiger partial charge < -0.3 is 0 Å². The van der Waals surface area contributed by atoms with E-state index in [9.17, 15) is 23.2 Å². The fraction of sp³-hybridized carbons (Fsp3) is 0.308. The van der Waals surface area contributed by atoms with E-state index in [1.54, 1.807) is 0 Å². The van der Waals surface area contributed by atoms with Crippen molar-refractivity contribution in [1.29, 1.82) is 0 Å². The van der Waals surface area contributed by atoms with Gasteiger partial charge >= 0.3 is 0 Å². The van der Waals surface area contributed by atoms with E-state index < -0.39 is 35.3 Å². The molecule has 2 amide bonds. The number of nitrogens with zero attached hydrogens (tertiary/aromatic N) is 1. The van der Waals surface area contributed by atoms with Gasteiger partial charge in [-0.05, 0) is 25.1 Å². The molecule has 1 heterocycles. The number of hydrogen-bond acceptors (Lipinski definition) is 4. The third-order valence-corrected chi connectivity index (χ3v) is 3.10. The molecule has 2 rings (SSSR count). The van der Waals surface area contributed by atoms with Crippen LogP contribution in [0.5, 0.6) is 0 Å². The van der Waals surface area contributed by atoms with Crippen LogP contribution >= 0.6 is 0 Å². The molecule has 0 radical (unpaired) electrons. The second kappa shape index (κ2) is 5.46. The first-order chi connectivity index (χ1) is 9.38. The molecule has 0 aliphatic carbocycles. The number of halogens is 2. The zero-order valence-electron chi connectivity index (χ0n) is 10.7. The van der Waals surface area contributed by atoms with E-state index in [4.69, 9.17) is 0 Å². The molecule has 7 heteroatoms. The van der Waals surface area contributed by atoms with Crippen LogP contribution in [0.2, 0.25) is 0 Å². The predicted octanol–water partition coefficient (Wildman–Crippen LogP) is 0.494. The molecular weight excluding hydrogens is 270 g/mol. The Kier molecular flexibility index (Phi) is 3.89. The molecule has 1 aromatic carbocycles. The Bertz CT molecular complexity index is 573. The smallest absolute Gasteiger partial charge is 0.240 e. The van der Waals surface area contributed by atoms with Crippen molar-refractivity contribution in [1.82, 2.24) is 10.2 Å². The topological polar surface area (TPSA) is 66.5 Å². The van der Waals surface area contributed by atoms with Crippen molar-refractivity contribution >= 4 is 17.6 Å². The van der Waals surface area contributed by atoms with Crippen LogP contribution in [0.25, 0.3) is 0 Å². The first-order valence-electron chi connectivity index (χ1n) is 5.94. The Labute approximate surface area is 113 Å². The quantitative estimate of drug-likeness (QED) is 0.647. The minimum absolute atomic E-state index is 0.00479. The van der Waals surface area contributed by atoms with Gasteiger partial charge in [0.15, 0.2) is 17.4 Å². The lowest BCUT2D eigenvalue weighted by atomic mass is 10.0. The van der Waals surface area contributed by atoms with E-state index in [2.05, 4.69) is 5.32 Å². The number of imide groups is 1. The van der Waals surface area contributed by atoms with E-state index in [0.29, 0.717) is 0 Å². The Hall–Kier alpha value is -2.15. The highest BCUT2D eigenvalue weighted by Gasteiger charge is 2.30. The highest BCUT2D eigenvalue weighted by Crippen LogP contribution is 2.14. The number of Topliss-reactive ketones (excluding diaryl/α,β-unsaturated/α-hetero) is 1. The molecular formula is C13H12F2N2O3. The van der Waals surface area contributed by atoms with Gasteiger partial charge in [-0.1, -0.05) is 0 Å². The van der Waals surface area contributed by atoms with Crippen LogP contribution in [-0.4, -0.2) is 41.6 Å². The summed E-state index contributed by atoms with van der Waals surface area (Å²) in [6, 6.07) is 2.06. The number of piperazine rings is 1. The van der Waals surface area contributed by atoms with Gasteiger partial charge in [0.2, 0.25) is 11.8 Å². The predicted molar refractivity (Wildman–Crippen MR) is 64.9 cm³/mol. The summed E-state index contributed by atoms with van der Waals surface area (Å²) >= 11 is 0. The molecule has 1 aliphatic rings. The first kappa shape index (κ1) is 14.3. The molecule has 0 bridgehead atoms. The van der Waals surface area contributed by atoms with Crippen LogP contribution < -0.4 is 5.32 Å². The molecule has 106 valence electrons. The van der Waals surface area contributed by atoms with Crippen molar-refractivity contribution < 1.29 is 23.2 Å². The maximum atomic E-state index is 13.1. The van der Waals surface area contributed by atoms with Gasteiger partial charge in [-0.25, -0.2) is 8.78 Å². The Morgan fingerprint density at radius 2 is 1.80 bits per heavy atom. The first-order valence-corrected chi connectivity index (χ1v) is 5.94. The molecule has 1 aliphatic heterocycles. The number of benzene rings is 1. The van der Waals surface area contributed by atoms with Crippen LogP contribution in [0.3, 0.4) is 0 Å². The average Bonchev–Trinajstić information content (AvgIpc) is 2.39. The Balaban J connectivity index is 2.17. The molecule has 0 aromatic heterocycles. The van der Waals surface area contributed by atoms with Crippen molar-refractivity contribution in [3.8, 4) is 0 Å². The van der Waals surface area contributed by atoms with Gasteiger partial charge in [0, 0.05) is 5.56 Å². The van der Waals surface area contributed by atoms with E-state index in [1.165, 1.54) is 17.9 Å². The number of carbonyl (C=O) groups excluding carboxylic acids is 3. The highest BCUT2D eigenvalue weighted by molar-refractivity contribution is 6.03. The highest BCUT2D eigenvalue weighted by atomic mass is 19.2. The summed E-state index contributed by atoms with van der Waals surface area (Å²) in [6.45, 7) is 1.32. The Morgan fingerprint density at radius 1 is 1.20 bits per heavy atom. The number of nitrogens with one attached hydrogen (secondary N) is 1. The maximum Gasteiger partial charge on any atom is 0.240 e. The van der Waals surface area contributed by atoms with E-state index in [0.717, 1.165) is 12.1 Å². The van der Waals surface area contributed by atoms with Gasteiger partial charge in [0.05, 0.1) is 19.1 Å². The third kappa shape index (κ3) is 2.88. The lowest BCUT2D eigenvalue weighted by molar-refractivity contribution is -0.136. The molecule has 1 unspecified atom stereocenters. The van der Waals surface area contributed by atoms with Crippen LogP contribution in [0.4, 0.5) is 8.78 Å². The van der Waals surface area contributed by atoms with Crippen LogP contribution in [0, 0.1) is 11.6 Å². The van der Waals surface area contributed by atoms with Crippen LogP contribution in [-0.2, 0) is 9.59 Å². The van der Waals surface area contributed by atoms with E-state index in [-0.39, 0.29) is 18.7 Å². The summed E-state index contributed by atoms with van der Waals surface area (Å²) in [5.74, 6) is -3.62. The zero-order chi connectivity index (χ0) is 14.9. The number of carbonyl (C=O) groups is 3. The third-order valence-electron chi connectivity index (χ3n) is 3.10. The molecule has 1 N–H and O–H groups in total. The fourth-order valence-electron chi connectivity index (χ4n) is 1.99. The normalized spacial score (nSPS) is 17.8. The lowest BCUT2D eigenvalue weighted by Crippen LogP contribution is -2.55. The summed E-state index contributed by atoms with van der Waals surface area (Å²) in [5.41, 5.74) is -0.00479. The van der Waals surface area contributed by atoms with Gasteiger partial charge in [-0.3, -0.25) is 24.6 Å². The Morgan fingerprint density at radius 3 is 2.35 bits per heavy atom. The van der Waals surface area contributed by atoms with Crippen molar-refractivity contribution in [3.05, 3.63) is 35.4 Å². The van der Waals surface area contributed by atoms with Crippen molar-refractivity contribution in [2.24, 2.45) is 0 Å². The van der Waals surface area contributed by atoms with Gasteiger partial charge in [-0.2, -0.15) is 0 Å². The molecule has 5 nitrogen and oxygen atoms in total. The molecule has 20 heavy (non-hydrogen) atoms. The minimum Gasteiger partial charge on any atom is -0.294 e. The molecule has 1 fully saturated rings. The molecule has 0 spiro atoms. The van der Waals surface area contributed by atoms with Crippen LogP contribution in [0.1, 0.15) is 17.3 Å². The largest absolute Gasteiger partial charge is 0.294 e. The van der Waals surface area contributed by atoms with Gasteiger partial charge in [-0.15, -0.1) is 0 Å². The second-order valence-corrected chi connectivity index (χ2v) is 4.55. The second-order valence-electron chi connectivity index (χ2n) is 4.55. The lowest BCUT2D eigenvalue weighted by Gasteiger charge is -2.29. The average molecular weight is 282 g/mol. The fourth-order valence-corrected chi connectivity index (χ4v) is 1.99. The van der Waals surface area contributed by atoms with Gasteiger partial charge in [0.25, 0.3) is 0 Å². The standard InChI is InChI=1S/C13H12F2N2O3/c1-7(17-5-11(18)16-12(19)6-17)13(20)8-2-3-9(14)10(15)4-8/h2-4,7H,5-6H2,1H3,(H,16,18,19). The van der Waals surface area contributed by atoms with Crippen molar-refractivity contribution in [2.45, 2.75) is 13.0 Å². The van der Waals surface area contributed by atoms with Crippen molar-refractivity contribution in [2.75, 3.05) is 13.1 Å². The molecule has 1 saturated heterocycles.